The summed E-state index contributed by atoms with van der Waals surface area (Å²) in [5.41, 5.74) is 1.09. The van der Waals surface area contributed by atoms with Gasteiger partial charge in [0, 0.05) is 25.7 Å². The van der Waals surface area contributed by atoms with Crippen LogP contribution in [0.15, 0.2) is 60.3 Å². The Kier molecular flexibility index (Phi) is 8.97. The fourth-order valence-corrected chi connectivity index (χ4v) is 2.57. The largest absolute Gasteiger partial charge is 0.497 e. The quantitative estimate of drug-likeness (QED) is 0.455. The summed E-state index contributed by atoms with van der Waals surface area (Å²) in [7, 11) is 2.93. The Labute approximate surface area is 186 Å². The van der Waals surface area contributed by atoms with E-state index in [0.29, 0.717) is 17.0 Å². The number of likely N-dealkylation sites (N-methyl/N-ethyl adjacent to an activating group) is 1. The van der Waals surface area contributed by atoms with Crippen molar-refractivity contribution in [3.8, 4) is 5.75 Å². The minimum absolute atomic E-state index is 0.102. The molecule has 0 fully saturated rings. The number of hydrogen-bond donors (Lipinski definition) is 2. The zero-order chi connectivity index (χ0) is 23.5. The molecule has 0 aromatic heterocycles. The molecular formula is C23H25N3O6. The van der Waals surface area contributed by atoms with Gasteiger partial charge in [0.1, 0.15) is 11.4 Å². The maximum atomic E-state index is 12.4. The van der Waals surface area contributed by atoms with Crippen LogP contribution in [-0.4, -0.2) is 55.9 Å². The Balaban J connectivity index is 1.91. The maximum Gasteiger partial charge on any atom is 0.355 e. The van der Waals surface area contributed by atoms with Crippen molar-refractivity contribution in [2.24, 2.45) is 0 Å². The van der Waals surface area contributed by atoms with Gasteiger partial charge in [0.25, 0.3) is 5.91 Å². The molecule has 0 saturated carbocycles. The molecule has 2 aromatic rings. The third-order valence-electron chi connectivity index (χ3n) is 4.13. The van der Waals surface area contributed by atoms with Gasteiger partial charge >= 0.3 is 5.97 Å². The van der Waals surface area contributed by atoms with Crippen LogP contribution in [0.25, 0.3) is 6.08 Å². The predicted molar refractivity (Wildman–Crippen MR) is 118 cm³/mol. The van der Waals surface area contributed by atoms with Crippen LogP contribution in [0.5, 0.6) is 5.75 Å². The van der Waals surface area contributed by atoms with Gasteiger partial charge in [0.05, 0.1) is 13.7 Å². The van der Waals surface area contributed by atoms with Gasteiger partial charge in [-0.1, -0.05) is 36.4 Å². The Morgan fingerprint density at radius 1 is 1.03 bits per heavy atom. The molecule has 168 valence electrons. The molecule has 0 aliphatic heterocycles. The molecule has 2 aromatic carbocycles. The van der Waals surface area contributed by atoms with Gasteiger partial charge in [0.2, 0.25) is 11.8 Å². The van der Waals surface area contributed by atoms with Crippen LogP contribution in [-0.2, 0) is 23.9 Å². The highest BCUT2D eigenvalue weighted by molar-refractivity contribution is 5.99. The lowest BCUT2D eigenvalue weighted by molar-refractivity contribution is -0.149. The predicted octanol–water partition coefficient (Wildman–Crippen LogP) is 1.81. The van der Waals surface area contributed by atoms with Gasteiger partial charge in [0.15, 0.2) is 6.61 Å². The third kappa shape index (κ3) is 7.94. The van der Waals surface area contributed by atoms with E-state index in [1.54, 1.807) is 48.5 Å². The number of benzene rings is 2. The number of esters is 1. The summed E-state index contributed by atoms with van der Waals surface area (Å²) in [5.74, 6) is -1.75. The molecule has 9 nitrogen and oxygen atoms in total. The van der Waals surface area contributed by atoms with E-state index < -0.39 is 30.3 Å². The number of nitrogens with one attached hydrogen (secondary N) is 2. The Hall–Kier alpha value is -4.14. The first-order chi connectivity index (χ1) is 15.3. The number of anilines is 1. The zero-order valence-electron chi connectivity index (χ0n) is 18.1. The van der Waals surface area contributed by atoms with Crippen LogP contribution in [0.1, 0.15) is 12.5 Å². The minimum Gasteiger partial charge on any atom is -0.497 e. The van der Waals surface area contributed by atoms with E-state index in [9.17, 15) is 19.2 Å². The van der Waals surface area contributed by atoms with Crippen molar-refractivity contribution in [3.05, 3.63) is 65.9 Å². The molecule has 0 heterocycles. The van der Waals surface area contributed by atoms with Crippen molar-refractivity contribution in [1.82, 2.24) is 10.2 Å². The average Bonchev–Trinajstić information content (AvgIpc) is 2.77. The Morgan fingerprint density at radius 3 is 2.41 bits per heavy atom. The monoisotopic (exact) mass is 439 g/mol. The van der Waals surface area contributed by atoms with E-state index in [4.69, 9.17) is 9.47 Å². The van der Waals surface area contributed by atoms with E-state index in [1.165, 1.54) is 27.2 Å². The van der Waals surface area contributed by atoms with Gasteiger partial charge in [-0.05, 0) is 23.8 Å². The van der Waals surface area contributed by atoms with E-state index in [2.05, 4.69) is 10.6 Å². The molecule has 9 heteroatoms. The zero-order valence-corrected chi connectivity index (χ0v) is 18.1. The highest BCUT2D eigenvalue weighted by Crippen LogP contribution is 2.16. The van der Waals surface area contributed by atoms with Crippen molar-refractivity contribution in [2.75, 3.05) is 32.6 Å². The maximum absolute atomic E-state index is 12.4. The summed E-state index contributed by atoms with van der Waals surface area (Å²) in [6.07, 6.45) is 1.44. The fraction of sp³-hybridized carbons (Fsp3) is 0.217. The fourth-order valence-electron chi connectivity index (χ4n) is 2.57. The summed E-state index contributed by atoms with van der Waals surface area (Å²) < 4.78 is 10.1. The molecule has 3 amide bonds. The lowest BCUT2D eigenvalue weighted by Crippen LogP contribution is -2.38. The number of hydrogen-bond acceptors (Lipinski definition) is 6. The number of amides is 3. The van der Waals surface area contributed by atoms with E-state index in [0.717, 1.165) is 4.90 Å². The third-order valence-corrected chi connectivity index (χ3v) is 4.13. The van der Waals surface area contributed by atoms with Gasteiger partial charge in [-0.3, -0.25) is 14.4 Å². The van der Waals surface area contributed by atoms with Crippen LogP contribution < -0.4 is 15.4 Å². The number of ether oxygens (including phenoxy) is 2. The SMILES string of the molecule is COc1cccc(NC(=O)CN(C)C(=O)COC(=O)/C(=C/c2ccccc2)NC(C)=O)c1. The van der Waals surface area contributed by atoms with Gasteiger partial charge < -0.3 is 25.0 Å². The van der Waals surface area contributed by atoms with E-state index in [1.807, 2.05) is 6.07 Å². The van der Waals surface area contributed by atoms with E-state index >= 15 is 0 Å². The van der Waals surface area contributed by atoms with Crippen molar-refractivity contribution < 1.29 is 28.7 Å². The molecule has 2 rings (SSSR count). The molecule has 0 atom stereocenters. The normalized spacial score (nSPS) is 10.7. The molecule has 0 aliphatic rings. The Bertz CT molecular complexity index is 1000. The highest BCUT2D eigenvalue weighted by Gasteiger charge is 2.18. The first kappa shape index (κ1) is 24.1. The van der Waals surface area contributed by atoms with Crippen molar-refractivity contribution in [3.63, 3.8) is 0 Å². The standard InChI is InChI=1S/C23H25N3O6/c1-16(27)24-20(12-17-8-5-4-6-9-17)23(30)32-15-22(29)26(2)14-21(28)25-18-10-7-11-19(13-18)31-3/h4-13H,14-15H2,1-3H3,(H,24,27)(H,25,28)/b20-12-. The van der Waals surface area contributed by atoms with Crippen LogP contribution in [0, 0.1) is 0 Å². The van der Waals surface area contributed by atoms with Crippen LogP contribution >= 0.6 is 0 Å². The molecule has 0 unspecified atom stereocenters. The van der Waals surface area contributed by atoms with E-state index in [-0.39, 0.29) is 12.2 Å². The molecule has 0 spiro atoms. The smallest absolute Gasteiger partial charge is 0.355 e. The molecule has 32 heavy (non-hydrogen) atoms. The molecule has 2 N–H and O–H groups in total. The van der Waals surface area contributed by atoms with Gasteiger partial charge in [-0.2, -0.15) is 0 Å². The van der Waals surface area contributed by atoms with Gasteiger partial charge in [-0.15, -0.1) is 0 Å². The summed E-state index contributed by atoms with van der Waals surface area (Å²) >= 11 is 0. The number of methoxy groups -OCH3 is 1. The molecular weight excluding hydrogens is 414 g/mol. The summed E-state index contributed by atoms with van der Waals surface area (Å²) in [5, 5.41) is 5.06. The first-order valence-electron chi connectivity index (χ1n) is 9.68. The number of nitrogens with zero attached hydrogens (tertiary/aromatic N) is 1. The van der Waals surface area contributed by atoms with Crippen molar-refractivity contribution >= 4 is 35.5 Å². The first-order valence-corrected chi connectivity index (χ1v) is 9.68. The molecule has 0 saturated heterocycles. The van der Waals surface area contributed by atoms with Crippen molar-refractivity contribution in [2.45, 2.75) is 6.92 Å². The molecule has 0 bridgehead atoms. The molecule has 0 aliphatic carbocycles. The second-order valence-corrected chi connectivity index (χ2v) is 6.76. The van der Waals surface area contributed by atoms with Crippen LogP contribution in [0.4, 0.5) is 5.69 Å². The minimum atomic E-state index is -0.869. The lowest BCUT2D eigenvalue weighted by atomic mass is 10.2. The van der Waals surface area contributed by atoms with Crippen LogP contribution in [0.3, 0.4) is 0 Å². The number of rotatable bonds is 9. The summed E-state index contributed by atoms with van der Waals surface area (Å²) in [6, 6.07) is 15.6. The summed E-state index contributed by atoms with van der Waals surface area (Å²) in [6.45, 7) is 0.422. The lowest BCUT2D eigenvalue weighted by Gasteiger charge is -2.17. The van der Waals surface area contributed by atoms with Crippen molar-refractivity contribution in [1.29, 1.82) is 0 Å². The van der Waals surface area contributed by atoms with Crippen LogP contribution in [0.2, 0.25) is 0 Å². The number of carbonyl (C=O) groups excluding carboxylic acids is 4. The van der Waals surface area contributed by atoms with Gasteiger partial charge in [-0.25, -0.2) is 4.79 Å². The summed E-state index contributed by atoms with van der Waals surface area (Å²) in [4.78, 5) is 49.4. The Morgan fingerprint density at radius 2 is 1.75 bits per heavy atom. The second-order valence-electron chi connectivity index (χ2n) is 6.76. The number of carbonyl (C=O) groups is 4. The topological polar surface area (TPSA) is 114 Å². The average molecular weight is 439 g/mol. The molecule has 0 radical (unpaired) electrons. The second kappa shape index (κ2) is 11.9. The highest BCUT2D eigenvalue weighted by atomic mass is 16.5.